The molecule has 7 aromatic rings. The van der Waals surface area contributed by atoms with E-state index in [1.54, 1.807) is 0 Å². The highest BCUT2D eigenvalue weighted by atomic mass is 14.9. The lowest BCUT2D eigenvalue weighted by atomic mass is 9.82. The summed E-state index contributed by atoms with van der Waals surface area (Å²) in [7, 11) is 0. The Balaban J connectivity index is 1.21. The van der Waals surface area contributed by atoms with Gasteiger partial charge in [0.2, 0.25) is 0 Å². The normalized spacial score (nSPS) is 12.8. The Labute approximate surface area is 271 Å². The molecule has 0 unspecified atom stereocenters. The molecular weight excluding hydrogens is 556 g/mol. The fourth-order valence-corrected chi connectivity index (χ4v) is 6.93. The fraction of sp³-hybridized carbons (Fsp3) is 0.0909. The summed E-state index contributed by atoms with van der Waals surface area (Å²) in [6.45, 7) is 6.86. The van der Waals surface area contributed by atoms with E-state index in [9.17, 15) is 0 Å². The van der Waals surface area contributed by atoms with E-state index in [-0.39, 0.29) is 5.41 Å². The summed E-state index contributed by atoms with van der Waals surface area (Å²) in [6, 6.07) is 54.1. The van der Waals surface area contributed by atoms with Crippen LogP contribution >= 0.6 is 0 Å². The van der Waals surface area contributed by atoms with Crippen molar-refractivity contribution in [3.63, 3.8) is 0 Å². The maximum Gasteiger partial charge on any atom is 0.160 e. The highest BCUT2D eigenvalue weighted by Gasteiger charge is 2.35. The van der Waals surface area contributed by atoms with E-state index in [2.05, 4.69) is 148 Å². The number of aryl methyl sites for hydroxylation is 1. The summed E-state index contributed by atoms with van der Waals surface area (Å²) in [4.78, 5) is 10.0. The Kier molecular flexibility index (Phi) is 6.73. The van der Waals surface area contributed by atoms with Crippen LogP contribution in [-0.2, 0) is 5.41 Å². The summed E-state index contributed by atoms with van der Waals surface area (Å²) >= 11 is 0. The van der Waals surface area contributed by atoms with Crippen LogP contribution in [0, 0.1) is 6.92 Å². The van der Waals surface area contributed by atoms with Gasteiger partial charge in [0.25, 0.3) is 0 Å². The maximum absolute atomic E-state index is 5.07. The SMILES string of the molecule is Cc1ccc(-c2ccc3c(c2)-c2ccccc2C3(C)C)cc1-c1cccc(-c2cc(-c3ccccc3)nc(-c3ccccc3)n2)c1. The van der Waals surface area contributed by atoms with Gasteiger partial charge in [-0.2, -0.15) is 0 Å². The maximum atomic E-state index is 5.07. The van der Waals surface area contributed by atoms with Crippen molar-refractivity contribution >= 4 is 0 Å². The van der Waals surface area contributed by atoms with E-state index in [0.29, 0.717) is 0 Å². The van der Waals surface area contributed by atoms with Crippen molar-refractivity contribution in [2.45, 2.75) is 26.2 Å². The lowest BCUT2D eigenvalue weighted by molar-refractivity contribution is 0.660. The van der Waals surface area contributed by atoms with E-state index >= 15 is 0 Å². The summed E-state index contributed by atoms with van der Waals surface area (Å²) in [6.07, 6.45) is 0. The number of rotatable bonds is 5. The molecule has 2 nitrogen and oxygen atoms in total. The van der Waals surface area contributed by atoms with Gasteiger partial charge in [0.05, 0.1) is 11.4 Å². The Morgan fingerprint density at radius 1 is 0.391 bits per heavy atom. The molecular formula is C44H34N2. The number of hydrogen-bond donors (Lipinski definition) is 0. The lowest BCUT2D eigenvalue weighted by Crippen LogP contribution is -2.14. The summed E-state index contributed by atoms with van der Waals surface area (Å²) in [5.41, 5.74) is 16.5. The van der Waals surface area contributed by atoms with Crippen molar-refractivity contribution in [2.24, 2.45) is 0 Å². The van der Waals surface area contributed by atoms with Crippen LogP contribution in [0.2, 0.25) is 0 Å². The molecule has 0 fully saturated rings. The Morgan fingerprint density at radius 3 is 1.72 bits per heavy atom. The van der Waals surface area contributed by atoms with Gasteiger partial charge in [-0.15, -0.1) is 0 Å². The third kappa shape index (κ3) is 4.83. The van der Waals surface area contributed by atoms with Crippen LogP contribution in [-0.4, -0.2) is 9.97 Å². The second-order valence-electron chi connectivity index (χ2n) is 12.7. The van der Waals surface area contributed by atoms with Crippen LogP contribution < -0.4 is 0 Å². The first-order valence-electron chi connectivity index (χ1n) is 15.9. The second-order valence-corrected chi connectivity index (χ2v) is 12.7. The number of nitrogens with zero attached hydrogens (tertiary/aromatic N) is 2. The summed E-state index contributed by atoms with van der Waals surface area (Å²) in [5.74, 6) is 0.724. The van der Waals surface area contributed by atoms with E-state index in [1.165, 1.54) is 50.1 Å². The van der Waals surface area contributed by atoms with Crippen molar-refractivity contribution in [3.8, 4) is 67.3 Å². The monoisotopic (exact) mass is 590 g/mol. The molecule has 0 spiro atoms. The van der Waals surface area contributed by atoms with Crippen LogP contribution in [0.15, 0.2) is 152 Å². The van der Waals surface area contributed by atoms with Crippen molar-refractivity contribution in [2.75, 3.05) is 0 Å². The van der Waals surface area contributed by atoms with Gasteiger partial charge in [-0.3, -0.25) is 0 Å². The Morgan fingerprint density at radius 2 is 0.957 bits per heavy atom. The van der Waals surface area contributed by atoms with Gasteiger partial charge in [0.1, 0.15) is 0 Å². The molecule has 0 saturated carbocycles. The van der Waals surface area contributed by atoms with E-state index in [0.717, 1.165) is 33.9 Å². The Hall–Kier alpha value is -5.60. The van der Waals surface area contributed by atoms with E-state index < -0.39 is 0 Å². The average molecular weight is 591 g/mol. The molecule has 1 aromatic heterocycles. The molecule has 0 saturated heterocycles. The van der Waals surface area contributed by atoms with Crippen LogP contribution in [0.4, 0.5) is 0 Å². The molecule has 8 rings (SSSR count). The molecule has 6 aromatic carbocycles. The van der Waals surface area contributed by atoms with Gasteiger partial charge in [0, 0.05) is 22.1 Å². The van der Waals surface area contributed by atoms with Crippen LogP contribution in [0.3, 0.4) is 0 Å². The van der Waals surface area contributed by atoms with Gasteiger partial charge < -0.3 is 0 Å². The minimum atomic E-state index is 0.00504. The molecule has 0 radical (unpaired) electrons. The Bertz CT molecular complexity index is 2170. The zero-order valence-electron chi connectivity index (χ0n) is 26.3. The van der Waals surface area contributed by atoms with Gasteiger partial charge in [-0.05, 0) is 81.3 Å². The largest absolute Gasteiger partial charge is 0.228 e. The highest BCUT2D eigenvalue weighted by Crippen LogP contribution is 2.49. The van der Waals surface area contributed by atoms with Crippen molar-refractivity contribution in [1.82, 2.24) is 9.97 Å². The van der Waals surface area contributed by atoms with Gasteiger partial charge in [-0.25, -0.2) is 9.97 Å². The third-order valence-corrected chi connectivity index (χ3v) is 9.45. The first-order chi connectivity index (χ1) is 22.5. The molecule has 1 aliphatic rings. The van der Waals surface area contributed by atoms with E-state index in [4.69, 9.17) is 9.97 Å². The van der Waals surface area contributed by atoms with Crippen molar-refractivity contribution < 1.29 is 0 Å². The van der Waals surface area contributed by atoms with Gasteiger partial charge >= 0.3 is 0 Å². The minimum Gasteiger partial charge on any atom is -0.228 e. The standard InChI is InChI=1S/C44H34N2/c1-29-21-22-32(33-23-24-40-38(27-33)36-19-10-11-20-39(36)44(40,2)3)26-37(29)34-17-12-18-35(25-34)42-28-41(30-13-6-4-7-14-30)45-43(46-42)31-15-8-5-9-16-31/h4-28H,1-3H3. The predicted octanol–water partition coefficient (Wildman–Crippen LogP) is 11.4. The second kappa shape index (κ2) is 11.1. The van der Waals surface area contributed by atoms with Gasteiger partial charge in [0.15, 0.2) is 5.82 Å². The summed E-state index contributed by atoms with van der Waals surface area (Å²) < 4.78 is 0. The van der Waals surface area contributed by atoms with Crippen LogP contribution in [0.25, 0.3) is 67.3 Å². The summed E-state index contributed by atoms with van der Waals surface area (Å²) in [5, 5.41) is 0. The van der Waals surface area contributed by atoms with Crippen LogP contribution in [0.1, 0.15) is 30.5 Å². The van der Waals surface area contributed by atoms with Gasteiger partial charge in [-0.1, -0.05) is 141 Å². The number of fused-ring (bicyclic) bond motifs is 3. The van der Waals surface area contributed by atoms with Crippen LogP contribution in [0.5, 0.6) is 0 Å². The smallest absolute Gasteiger partial charge is 0.160 e. The number of benzene rings is 6. The molecule has 1 aliphatic carbocycles. The minimum absolute atomic E-state index is 0.00504. The molecule has 0 aliphatic heterocycles. The zero-order valence-corrected chi connectivity index (χ0v) is 26.3. The topological polar surface area (TPSA) is 25.8 Å². The molecule has 1 heterocycles. The van der Waals surface area contributed by atoms with E-state index in [1.807, 2.05) is 24.3 Å². The predicted molar refractivity (Wildman–Crippen MR) is 192 cm³/mol. The molecule has 0 amide bonds. The number of hydrogen-bond acceptors (Lipinski definition) is 2. The number of aromatic nitrogens is 2. The molecule has 46 heavy (non-hydrogen) atoms. The highest BCUT2D eigenvalue weighted by molar-refractivity contribution is 5.86. The lowest BCUT2D eigenvalue weighted by Gasteiger charge is -2.21. The first kappa shape index (κ1) is 27.9. The molecule has 220 valence electrons. The fourth-order valence-electron chi connectivity index (χ4n) is 6.93. The quantitative estimate of drug-likeness (QED) is 0.199. The zero-order chi connectivity index (χ0) is 31.3. The molecule has 0 bridgehead atoms. The molecule has 0 atom stereocenters. The van der Waals surface area contributed by atoms with Crippen molar-refractivity contribution in [3.05, 3.63) is 168 Å². The third-order valence-electron chi connectivity index (χ3n) is 9.45. The molecule has 0 N–H and O–H groups in total. The van der Waals surface area contributed by atoms with Crippen molar-refractivity contribution in [1.29, 1.82) is 0 Å². The molecule has 2 heteroatoms. The first-order valence-corrected chi connectivity index (χ1v) is 15.9. The average Bonchev–Trinajstić information content (AvgIpc) is 3.34.